The van der Waals surface area contributed by atoms with Crippen molar-refractivity contribution in [1.29, 1.82) is 0 Å². The fourth-order valence-corrected chi connectivity index (χ4v) is 3.60. The van der Waals surface area contributed by atoms with Crippen molar-refractivity contribution >= 4 is 10.0 Å². The summed E-state index contributed by atoms with van der Waals surface area (Å²) >= 11 is 0. The van der Waals surface area contributed by atoms with E-state index < -0.39 is 10.0 Å². The normalized spacial score (nSPS) is 11.6. The van der Waals surface area contributed by atoms with E-state index in [1.54, 1.807) is 26.2 Å². The van der Waals surface area contributed by atoms with Gasteiger partial charge in [-0.3, -0.25) is 0 Å². The summed E-state index contributed by atoms with van der Waals surface area (Å²) < 4.78 is 32.6. The second-order valence-corrected chi connectivity index (χ2v) is 7.08. The van der Waals surface area contributed by atoms with Gasteiger partial charge in [0.05, 0.1) is 11.5 Å². The molecule has 0 spiro atoms. The average Bonchev–Trinajstić information content (AvgIpc) is 2.46. The lowest BCUT2D eigenvalue weighted by molar-refractivity contribution is 0.185. The number of nitrogens with one attached hydrogen (secondary N) is 1. The molecule has 0 atom stereocenters. The summed E-state index contributed by atoms with van der Waals surface area (Å²) in [6, 6.07) is 13.0. The van der Waals surface area contributed by atoms with E-state index in [1.165, 1.54) is 0 Å². The van der Waals surface area contributed by atoms with Gasteiger partial charge in [0.2, 0.25) is 10.0 Å². The van der Waals surface area contributed by atoms with Gasteiger partial charge in [-0.15, -0.1) is 0 Å². The van der Waals surface area contributed by atoms with E-state index in [4.69, 9.17) is 4.74 Å². The average molecular weight is 319 g/mol. The van der Waals surface area contributed by atoms with E-state index in [0.717, 1.165) is 22.3 Å². The minimum Gasteiger partial charge on any atom is -0.380 e. The second-order valence-electron chi connectivity index (χ2n) is 5.35. The van der Waals surface area contributed by atoms with Crippen molar-refractivity contribution in [3.8, 4) is 0 Å². The number of hydrogen-bond acceptors (Lipinski definition) is 3. The third-order valence-electron chi connectivity index (χ3n) is 3.39. The molecule has 0 radical (unpaired) electrons. The highest BCUT2D eigenvalue weighted by molar-refractivity contribution is 7.89. The quantitative estimate of drug-likeness (QED) is 0.890. The highest BCUT2D eigenvalue weighted by Crippen LogP contribution is 2.17. The van der Waals surface area contributed by atoms with Gasteiger partial charge in [-0.05, 0) is 36.6 Å². The fourth-order valence-electron chi connectivity index (χ4n) is 2.35. The molecule has 118 valence electrons. The Balaban J connectivity index is 2.14. The van der Waals surface area contributed by atoms with Crippen LogP contribution in [0.25, 0.3) is 0 Å². The zero-order valence-corrected chi connectivity index (χ0v) is 13.9. The van der Waals surface area contributed by atoms with Crippen molar-refractivity contribution in [3.05, 3.63) is 64.7 Å². The predicted molar refractivity (Wildman–Crippen MR) is 87.1 cm³/mol. The second kappa shape index (κ2) is 7.05. The van der Waals surface area contributed by atoms with Crippen LogP contribution in [0.2, 0.25) is 0 Å². The molecule has 5 heteroatoms. The summed E-state index contributed by atoms with van der Waals surface area (Å²) in [6.45, 7) is 4.52. The van der Waals surface area contributed by atoms with Crippen LogP contribution in [0.5, 0.6) is 0 Å². The maximum absolute atomic E-state index is 12.4. The van der Waals surface area contributed by atoms with Gasteiger partial charge >= 0.3 is 0 Å². The molecule has 0 heterocycles. The zero-order valence-electron chi connectivity index (χ0n) is 13.1. The third kappa shape index (κ3) is 4.16. The number of aryl methyl sites for hydroxylation is 2. The first-order valence-corrected chi connectivity index (χ1v) is 8.54. The van der Waals surface area contributed by atoms with Gasteiger partial charge in [-0.25, -0.2) is 13.1 Å². The van der Waals surface area contributed by atoms with E-state index in [9.17, 15) is 8.42 Å². The Morgan fingerprint density at radius 3 is 2.45 bits per heavy atom. The topological polar surface area (TPSA) is 55.4 Å². The molecule has 22 heavy (non-hydrogen) atoms. The van der Waals surface area contributed by atoms with Crippen LogP contribution in [-0.4, -0.2) is 15.5 Å². The molecule has 0 unspecified atom stereocenters. The van der Waals surface area contributed by atoms with Crippen LogP contribution in [0.3, 0.4) is 0 Å². The Labute approximate surface area is 132 Å². The van der Waals surface area contributed by atoms with E-state index >= 15 is 0 Å². The zero-order chi connectivity index (χ0) is 16.2. The molecule has 2 aromatic rings. The molecule has 0 aliphatic carbocycles. The fraction of sp³-hybridized carbons (Fsp3) is 0.294. The van der Waals surface area contributed by atoms with Crippen molar-refractivity contribution < 1.29 is 13.2 Å². The molecule has 0 bridgehead atoms. The highest BCUT2D eigenvalue weighted by Gasteiger charge is 2.16. The van der Waals surface area contributed by atoms with Crippen LogP contribution >= 0.6 is 0 Å². The number of hydrogen-bond donors (Lipinski definition) is 1. The summed E-state index contributed by atoms with van der Waals surface area (Å²) in [7, 11) is -1.88. The molecule has 0 fully saturated rings. The SMILES string of the molecule is COCc1cccc(CNS(=O)(=O)c2ccc(C)cc2C)c1. The van der Waals surface area contributed by atoms with E-state index in [-0.39, 0.29) is 6.54 Å². The van der Waals surface area contributed by atoms with Crippen LogP contribution in [0.4, 0.5) is 0 Å². The molecule has 1 N–H and O–H groups in total. The van der Waals surface area contributed by atoms with Gasteiger partial charge in [0.15, 0.2) is 0 Å². The molecule has 0 aliphatic heterocycles. The highest BCUT2D eigenvalue weighted by atomic mass is 32.2. The first kappa shape index (κ1) is 16.7. The number of benzene rings is 2. The Bertz CT molecular complexity index is 754. The van der Waals surface area contributed by atoms with Crippen molar-refractivity contribution in [2.45, 2.75) is 31.9 Å². The first-order chi connectivity index (χ1) is 10.4. The number of rotatable bonds is 6. The van der Waals surface area contributed by atoms with Crippen LogP contribution in [0.1, 0.15) is 22.3 Å². The molecule has 4 nitrogen and oxygen atoms in total. The maximum atomic E-state index is 12.4. The monoisotopic (exact) mass is 319 g/mol. The van der Waals surface area contributed by atoms with Gasteiger partial charge in [-0.2, -0.15) is 0 Å². The smallest absolute Gasteiger partial charge is 0.241 e. The lowest BCUT2D eigenvalue weighted by atomic mass is 10.1. The van der Waals surface area contributed by atoms with Gasteiger partial charge in [0, 0.05) is 13.7 Å². The standard InChI is InChI=1S/C17H21NO3S/c1-13-7-8-17(14(2)9-13)22(19,20)18-11-15-5-4-6-16(10-15)12-21-3/h4-10,18H,11-12H2,1-3H3. The summed E-state index contributed by atoms with van der Waals surface area (Å²) in [4.78, 5) is 0.325. The van der Waals surface area contributed by atoms with Crippen LogP contribution in [-0.2, 0) is 27.9 Å². The molecule has 0 saturated carbocycles. The molecule has 2 aromatic carbocycles. The van der Waals surface area contributed by atoms with Crippen molar-refractivity contribution in [3.63, 3.8) is 0 Å². The predicted octanol–water partition coefficient (Wildman–Crippen LogP) is 2.93. The van der Waals surface area contributed by atoms with Gasteiger partial charge < -0.3 is 4.74 Å². The maximum Gasteiger partial charge on any atom is 0.241 e. The molecule has 2 rings (SSSR count). The minimum atomic E-state index is -3.51. The Hall–Kier alpha value is -1.69. The Morgan fingerprint density at radius 1 is 1.05 bits per heavy atom. The summed E-state index contributed by atoms with van der Waals surface area (Å²) in [5.74, 6) is 0. The van der Waals surface area contributed by atoms with Gasteiger partial charge in [0.25, 0.3) is 0 Å². The van der Waals surface area contributed by atoms with Crippen molar-refractivity contribution in [2.75, 3.05) is 7.11 Å². The molecular weight excluding hydrogens is 298 g/mol. The van der Waals surface area contributed by atoms with Crippen molar-refractivity contribution in [1.82, 2.24) is 4.72 Å². The third-order valence-corrected chi connectivity index (χ3v) is 4.95. The summed E-state index contributed by atoms with van der Waals surface area (Å²) in [5.41, 5.74) is 3.72. The minimum absolute atomic E-state index is 0.257. The number of methoxy groups -OCH3 is 1. The van der Waals surface area contributed by atoms with Crippen LogP contribution in [0.15, 0.2) is 47.4 Å². The lowest BCUT2D eigenvalue weighted by Gasteiger charge is -2.10. The van der Waals surface area contributed by atoms with E-state index in [0.29, 0.717) is 11.5 Å². The largest absolute Gasteiger partial charge is 0.380 e. The molecule has 0 amide bonds. The Kier molecular flexibility index (Phi) is 5.34. The molecule has 0 aliphatic rings. The molecular formula is C17H21NO3S. The lowest BCUT2D eigenvalue weighted by Crippen LogP contribution is -2.24. The van der Waals surface area contributed by atoms with E-state index in [1.807, 2.05) is 37.3 Å². The molecule has 0 aromatic heterocycles. The van der Waals surface area contributed by atoms with Crippen LogP contribution in [0, 0.1) is 13.8 Å². The van der Waals surface area contributed by atoms with Gasteiger partial charge in [-0.1, -0.05) is 42.0 Å². The molecule has 0 saturated heterocycles. The van der Waals surface area contributed by atoms with E-state index in [2.05, 4.69) is 4.72 Å². The first-order valence-electron chi connectivity index (χ1n) is 7.06. The summed E-state index contributed by atoms with van der Waals surface area (Å²) in [5, 5.41) is 0. The summed E-state index contributed by atoms with van der Waals surface area (Å²) in [6.07, 6.45) is 0. The number of sulfonamides is 1. The number of ether oxygens (including phenoxy) is 1. The Morgan fingerprint density at radius 2 is 1.77 bits per heavy atom. The van der Waals surface area contributed by atoms with Gasteiger partial charge in [0.1, 0.15) is 0 Å². The van der Waals surface area contributed by atoms with Crippen molar-refractivity contribution in [2.24, 2.45) is 0 Å². The van der Waals surface area contributed by atoms with Crippen LogP contribution < -0.4 is 4.72 Å².